The van der Waals surface area contributed by atoms with Crippen molar-refractivity contribution in [3.05, 3.63) is 0 Å². The van der Waals surface area contributed by atoms with Crippen LogP contribution in [0.3, 0.4) is 0 Å². The fourth-order valence-corrected chi connectivity index (χ4v) is 2.97. The topological polar surface area (TPSA) is 49.4 Å². The van der Waals surface area contributed by atoms with E-state index in [9.17, 15) is 9.59 Å². The molecule has 4 nitrogen and oxygen atoms in total. The molecule has 0 spiro atoms. The minimum Gasteiger partial charge on any atom is -0.342 e. The molecule has 1 N–H and O–H groups in total. The van der Waals surface area contributed by atoms with Crippen LogP contribution in [0.1, 0.15) is 47.0 Å². The third-order valence-corrected chi connectivity index (χ3v) is 4.18. The third kappa shape index (κ3) is 2.25. The van der Waals surface area contributed by atoms with E-state index in [2.05, 4.69) is 12.2 Å². The molecule has 1 saturated heterocycles. The highest BCUT2D eigenvalue weighted by Crippen LogP contribution is 2.41. The maximum absolute atomic E-state index is 12.5. The van der Waals surface area contributed by atoms with E-state index in [-0.39, 0.29) is 29.8 Å². The lowest BCUT2D eigenvalue weighted by Crippen LogP contribution is -2.64. The zero-order valence-corrected chi connectivity index (χ0v) is 11.8. The van der Waals surface area contributed by atoms with Crippen LogP contribution >= 0.6 is 0 Å². The molecule has 1 aliphatic heterocycles. The van der Waals surface area contributed by atoms with Crippen LogP contribution in [0.5, 0.6) is 0 Å². The maximum atomic E-state index is 12.5. The molecule has 2 rings (SSSR count). The van der Waals surface area contributed by atoms with Crippen LogP contribution in [0.4, 0.5) is 0 Å². The van der Waals surface area contributed by atoms with Crippen LogP contribution in [0, 0.1) is 11.8 Å². The number of amides is 2. The van der Waals surface area contributed by atoms with Crippen molar-refractivity contribution >= 4 is 11.8 Å². The summed E-state index contributed by atoms with van der Waals surface area (Å²) >= 11 is 0. The van der Waals surface area contributed by atoms with Crippen molar-refractivity contribution in [2.45, 2.75) is 65.1 Å². The first-order valence-corrected chi connectivity index (χ1v) is 7.09. The first-order valence-electron chi connectivity index (χ1n) is 7.09. The standard InChI is InChI=1S/C14H24N2O2/c1-5-6-10-7-11(10)16-9(4)13(17)15-12(8(2)3)14(16)18/h8-12H,5-7H2,1-4H3,(H,15,17). The van der Waals surface area contributed by atoms with Crippen molar-refractivity contribution in [3.63, 3.8) is 0 Å². The second-order valence-corrected chi connectivity index (χ2v) is 6.00. The normalized spacial score (nSPS) is 35.9. The number of carbonyl (C=O) groups is 2. The molecule has 0 radical (unpaired) electrons. The summed E-state index contributed by atoms with van der Waals surface area (Å²) in [6.07, 6.45) is 3.38. The van der Waals surface area contributed by atoms with Gasteiger partial charge in [0.15, 0.2) is 0 Å². The Labute approximate surface area is 109 Å². The van der Waals surface area contributed by atoms with E-state index in [1.165, 1.54) is 0 Å². The second-order valence-electron chi connectivity index (χ2n) is 6.00. The van der Waals surface area contributed by atoms with E-state index >= 15 is 0 Å². The van der Waals surface area contributed by atoms with Crippen LogP contribution in [-0.2, 0) is 9.59 Å². The largest absolute Gasteiger partial charge is 0.342 e. The molecule has 102 valence electrons. The fourth-order valence-electron chi connectivity index (χ4n) is 2.97. The number of hydrogen-bond acceptors (Lipinski definition) is 2. The Kier molecular flexibility index (Phi) is 3.64. The first-order chi connectivity index (χ1) is 8.47. The number of hydrogen-bond donors (Lipinski definition) is 1. The third-order valence-electron chi connectivity index (χ3n) is 4.18. The molecule has 4 heteroatoms. The van der Waals surface area contributed by atoms with Crippen LogP contribution in [-0.4, -0.2) is 34.8 Å². The summed E-state index contributed by atoms with van der Waals surface area (Å²) in [6, 6.07) is -0.337. The number of nitrogens with one attached hydrogen (secondary N) is 1. The van der Waals surface area contributed by atoms with Gasteiger partial charge >= 0.3 is 0 Å². The van der Waals surface area contributed by atoms with Gasteiger partial charge in [-0.15, -0.1) is 0 Å². The Morgan fingerprint density at radius 3 is 2.61 bits per heavy atom. The molecule has 1 saturated carbocycles. The van der Waals surface area contributed by atoms with Crippen molar-refractivity contribution < 1.29 is 9.59 Å². The average molecular weight is 252 g/mol. The molecular weight excluding hydrogens is 228 g/mol. The Morgan fingerprint density at radius 1 is 1.39 bits per heavy atom. The van der Waals surface area contributed by atoms with Gasteiger partial charge in [0.05, 0.1) is 0 Å². The Hall–Kier alpha value is -1.06. The first kappa shape index (κ1) is 13.4. The summed E-state index contributed by atoms with van der Waals surface area (Å²) in [5.74, 6) is 0.871. The number of carbonyl (C=O) groups excluding carboxylic acids is 2. The van der Waals surface area contributed by atoms with Gasteiger partial charge in [-0.25, -0.2) is 0 Å². The molecular formula is C14H24N2O2. The summed E-state index contributed by atoms with van der Waals surface area (Å²) in [5, 5.41) is 2.84. The minimum atomic E-state index is -0.337. The summed E-state index contributed by atoms with van der Waals surface area (Å²) in [4.78, 5) is 26.3. The van der Waals surface area contributed by atoms with Crippen LogP contribution < -0.4 is 5.32 Å². The lowest BCUT2D eigenvalue weighted by Gasteiger charge is -2.39. The summed E-state index contributed by atoms with van der Waals surface area (Å²) < 4.78 is 0. The zero-order chi connectivity index (χ0) is 13.4. The molecule has 1 aliphatic carbocycles. The van der Waals surface area contributed by atoms with Crippen molar-refractivity contribution in [3.8, 4) is 0 Å². The van der Waals surface area contributed by atoms with Crippen LogP contribution in [0.2, 0.25) is 0 Å². The smallest absolute Gasteiger partial charge is 0.246 e. The van der Waals surface area contributed by atoms with Gasteiger partial charge in [-0.3, -0.25) is 9.59 Å². The van der Waals surface area contributed by atoms with Crippen molar-refractivity contribution in [2.24, 2.45) is 11.8 Å². The van der Waals surface area contributed by atoms with Gasteiger partial charge in [-0.05, 0) is 31.6 Å². The van der Waals surface area contributed by atoms with E-state index in [0.717, 1.165) is 19.3 Å². The quantitative estimate of drug-likeness (QED) is 0.825. The summed E-state index contributed by atoms with van der Waals surface area (Å²) in [7, 11) is 0. The Balaban J connectivity index is 2.11. The molecule has 0 bridgehead atoms. The van der Waals surface area contributed by atoms with Gasteiger partial charge in [0, 0.05) is 6.04 Å². The number of rotatable bonds is 4. The van der Waals surface area contributed by atoms with Gasteiger partial charge in [0.1, 0.15) is 12.1 Å². The van der Waals surface area contributed by atoms with Gasteiger partial charge in [0.25, 0.3) is 0 Å². The summed E-state index contributed by atoms with van der Waals surface area (Å²) in [5.41, 5.74) is 0. The highest BCUT2D eigenvalue weighted by Gasteiger charge is 2.50. The molecule has 0 aromatic heterocycles. The van der Waals surface area contributed by atoms with Crippen LogP contribution in [0.15, 0.2) is 0 Å². The molecule has 1 heterocycles. The SMILES string of the molecule is CCCC1CC1N1C(=O)C(C(C)C)NC(=O)C1C. The lowest BCUT2D eigenvalue weighted by atomic mass is 9.98. The second kappa shape index (κ2) is 4.90. The zero-order valence-electron chi connectivity index (χ0n) is 11.8. The molecule has 0 aromatic rings. The van der Waals surface area contributed by atoms with Gasteiger partial charge in [-0.1, -0.05) is 27.2 Å². The fraction of sp³-hybridized carbons (Fsp3) is 0.857. The summed E-state index contributed by atoms with van der Waals surface area (Å²) in [6.45, 7) is 7.96. The Bertz CT molecular complexity index is 354. The van der Waals surface area contributed by atoms with E-state index in [0.29, 0.717) is 12.0 Å². The molecule has 2 aliphatic rings. The van der Waals surface area contributed by atoms with E-state index in [1.807, 2.05) is 25.7 Å². The highest BCUT2D eigenvalue weighted by molar-refractivity contribution is 5.97. The molecule has 2 fully saturated rings. The van der Waals surface area contributed by atoms with E-state index in [4.69, 9.17) is 0 Å². The van der Waals surface area contributed by atoms with E-state index in [1.54, 1.807) is 0 Å². The van der Waals surface area contributed by atoms with E-state index < -0.39 is 0 Å². The molecule has 4 atom stereocenters. The average Bonchev–Trinajstić information content (AvgIpc) is 3.03. The number of piperazine rings is 1. The van der Waals surface area contributed by atoms with Gasteiger partial charge in [0.2, 0.25) is 11.8 Å². The molecule has 4 unspecified atom stereocenters. The van der Waals surface area contributed by atoms with Crippen molar-refractivity contribution in [2.75, 3.05) is 0 Å². The molecule has 18 heavy (non-hydrogen) atoms. The Morgan fingerprint density at radius 2 is 2.06 bits per heavy atom. The highest BCUT2D eigenvalue weighted by atomic mass is 16.2. The van der Waals surface area contributed by atoms with Gasteiger partial charge < -0.3 is 10.2 Å². The van der Waals surface area contributed by atoms with Gasteiger partial charge in [-0.2, -0.15) is 0 Å². The van der Waals surface area contributed by atoms with Crippen LogP contribution in [0.25, 0.3) is 0 Å². The van der Waals surface area contributed by atoms with Crippen molar-refractivity contribution in [1.82, 2.24) is 10.2 Å². The monoisotopic (exact) mass is 252 g/mol. The predicted octanol–water partition coefficient (Wildman–Crippen LogP) is 1.55. The molecule has 0 aromatic carbocycles. The van der Waals surface area contributed by atoms with Crippen molar-refractivity contribution in [1.29, 1.82) is 0 Å². The lowest BCUT2D eigenvalue weighted by molar-refractivity contribution is -0.150. The number of nitrogens with zero attached hydrogens (tertiary/aromatic N) is 1. The predicted molar refractivity (Wildman–Crippen MR) is 69.9 cm³/mol. The molecule has 2 amide bonds. The maximum Gasteiger partial charge on any atom is 0.246 e. The minimum absolute atomic E-state index is 0.00421.